The van der Waals surface area contributed by atoms with Crippen molar-refractivity contribution in [1.82, 2.24) is 5.43 Å². The Hall–Kier alpha value is -3.48. The Morgan fingerprint density at radius 3 is 2.57 bits per heavy atom. The van der Waals surface area contributed by atoms with Crippen LogP contribution in [0.3, 0.4) is 0 Å². The highest BCUT2D eigenvalue weighted by atomic mass is 16.6. The van der Waals surface area contributed by atoms with E-state index in [0.29, 0.717) is 5.56 Å². The summed E-state index contributed by atoms with van der Waals surface area (Å²) in [6, 6.07) is 11.5. The first-order valence-electron chi connectivity index (χ1n) is 9.92. The molecule has 1 aliphatic rings. The summed E-state index contributed by atoms with van der Waals surface area (Å²) in [5.41, 5.74) is 7.12. The molecule has 0 saturated heterocycles. The topological polar surface area (TPSA) is 87.8 Å². The number of hydrogen-bond acceptors (Lipinski definition) is 5. The average molecular weight is 406 g/mol. The maximum Gasteiger partial charge on any atom is 0.271 e. The van der Waals surface area contributed by atoms with E-state index in [4.69, 9.17) is 0 Å². The van der Waals surface area contributed by atoms with E-state index in [-0.39, 0.29) is 11.2 Å². The van der Waals surface area contributed by atoms with E-state index >= 15 is 0 Å². The molecule has 30 heavy (non-hydrogen) atoms. The monoisotopic (exact) mass is 406 g/mol. The van der Waals surface area contributed by atoms with Gasteiger partial charge in [0.15, 0.2) is 0 Å². The summed E-state index contributed by atoms with van der Waals surface area (Å²) < 4.78 is 0. The molecule has 7 nitrogen and oxygen atoms in total. The molecule has 1 N–H and O–H groups in total. The number of non-ortho nitro benzene ring substituents is 1. The summed E-state index contributed by atoms with van der Waals surface area (Å²) in [5, 5.41) is 14.7. The summed E-state index contributed by atoms with van der Waals surface area (Å²) >= 11 is 0. The zero-order valence-electron chi connectivity index (χ0n) is 17.7. The van der Waals surface area contributed by atoms with Gasteiger partial charge in [-0.05, 0) is 62.6 Å². The number of rotatable bonds is 6. The number of nitro benzene ring substituents is 1. The first kappa shape index (κ1) is 21.2. The third-order valence-electron chi connectivity index (χ3n) is 5.17. The van der Waals surface area contributed by atoms with Gasteiger partial charge in [0.05, 0.1) is 16.7 Å². The van der Waals surface area contributed by atoms with Crippen molar-refractivity contribution in [2.45, 2.75) is 39.7 Å². The Kier molecular flexibility index (Phi) is 6.01. The minimum absolute atomic E-state index is 0.0402. The van der Waals surface area contributed by atoms with Gasteiger partial charge in [-0.25, -0.2) is 5.43 Å². The number of hydrogen-bond donors (Lipinski definition) is 1. The molecule has 0 radical (unpaired) electrons. The molecular formula is C23H26N4O3. The van der Waals surface area contributed by atoms with Crippen molar-refractivity contribution in [3.05, 3.63) is 75.3 Å². The van der Waals surface area contributed by atoms with Gasteiger partial charge < -0.3 is 4.90 Å². The van der Waals surface area contributed by atoms with Crippen LogP contribution in [0.4, 0.5) is 11.4 Å². The van der Waals surface area contributed by atoms with Crippen LogP contribution in [0.2, 0.25) is 0 Å². The van der Waals surface area contributed by atoms with Gasteiger partial charge in [-0.2, -0.15) is 5.10 Å². The molecule has 2 aromatic rings. The van der Waals surface area contributed by atoms with E-state index in [1.54, 1.807) is 6.21 Å². The highest BCUT2D eigenvalue weighted by molar-refractivity contribution is 5.95. The minimum atomic E-state index is -0.505. The second kappa shape index (κ2) is 8.49. The molecule has 7 heteroatoms. The molecule has 0 spiro atoms. The van der Waals surface area contributed by atoms with Crippen molar-refractivity contribution < 1.29 is 9.72 Å². The number of amides is 1. The van der Waals surface area contributed by atoms with Crippen molar-refractivity contribution >= 4 is 29.1 Å². The molecule has 1 amide bonds. The molecule has 0 saturated carbocycles. The molecule has 1 heterocycles. The second-order valence-electron chi connectivity index (χ2n) is 7.91. The molecule has 0 aromatic heterocycles. The fourth-order valence-corrected chi connectivity index (χ4v) is 3.78. The number of nitro groups is 1. The van der Waals surface area contributed by atoms with Gasteiger partial charge in [0.25, 0.3) is 11.6 Å². The highest BCUT2D eigenvalue weighted by Gasteiger charge is 2.30. The number of carbonyl (C=O) groups excluding carboxylic acids is 1. The van der Waals surface area contributed by atoms with Gasteiger partial charge in [-0.3, -0.25) is 14.9 Å². The molecule has 0 bridgehead atoms. The lowest BCUT2D eigenvalue weighted by molar-refractivity contribution is -0.384. The van der Waals surface area contributed by atoms with Crippen LogP contribution >= 0.6 is 0 Å². The summed E-state index contributed by atoms with van der Waals surface area (Å²) in [6.07, 6.45) is 4.94. The van der Waals surface area contributed by atoms with Crippen LogP contribution in [0.25, 0.3) is 5.57 Å². The van der Waals surface area contributed by atoms with E-state index in [1.807, 2.05) is 6.07 Å². The lowest BCUT2D eigenvalue weighted by Gasteiger charge is -2.43. The van der Waals surface area contributed by atoms with Crippen LogP contribution in [-0.2, 0) is 0 Å². The molecule has 2 aromatic carbocycles. The van der Waals surface area contributed by atoms with E-state index in [1.165, 1.54) is 35.5 Å². The van der Waals surface area contributed by atoms with Crippen LogP contribution in [-0.4, -0.2) is 29.1 Å². The van der Waals surface area contributed by atoms with Crippen LogP contribution in [0.1, 0.15) is 55.6 Å². The predicted octanol–water partition coefficient (Wildman–Crippen LogP) is 4.77. The summed E-state index contributed by atoms with van der Waals surface area (Å²) in [7, 11) is 0. The molecule has 0 atom stereocenters. The standard InChI is InChI=1S/C23H26N4O3/c1-5-12-26-21-11-6-17(13-20(21)16(2)14-23(26,3)4)15-24-25-22(28)18-7-9-19(10-8-18)27(29)30/h6-11,13-15H,5,12H2,1-4H3,(H,25,28)/b24-15-. The summed E-state index contributed by atoms with van der Waals surface area (Å²) in [4.78, 5) is 24.8. The molecule has 3 rings (SSSR count). The van der Waals surface area contributed by atoms with Crippen LogP contribution in [0, 0.1) is 10.1 Å². The number of anilines is 1. The van der Waals surface area contributed by atoms with E-state index < -0.39 is 10.8 Å². The number of nitrogens with zero attached hydrogens (tertiary/aromatic N) is 3. The Morgan fingerprint density at radius 2 is 1.93 bits per heavy atom. The predicted molar refractivity (Wildman–Crippen MR) is 120 cm³/mol. The van der Waals surface area contributed by atoms with Gasteiger partial charge >= 0.3 is 0 Å². The number of nitrogens with one attached hydrogen (secondary N) is 1. The molecular weight excluding hydrogens is 380 g/mol. The Balaban J connectivity index is 1.75. The number of allylic oxidation sites excluding steroid dienone is 1. The van der Waals surface area contributed by atoms with E-state index in [2.05, 4.69) is 61.3 Å². The molecule has 0 aliphatic carbocycles. The Morgan fingerprint density at radius 1 is 1.23 bits per heavy atom. The van der Waals surface area contributed by atoms with Gasteiger partial charge in [0.2, 0.25) is 0 Å². The fraction of sp³-hybridized carbons (Fsp3) is 0.304. The van der Waals surface area contributed by atoms with E-state index in [0.717, 1.165) is 24.1 Å². The van der Waals surface area contributed by atoms with Gasteiger partial charge in [0, 0.05) is 35.5 Å². The largest absolute Gasteiger partial charge is 0.362 e. The molecule has 1 aliphatic heterocycles. The zero-order chi connectivity index (χ0) is 21.9. The number of hydrazone groups is 1. The van der Waals surface area contributed by atoms with Crippen LogP contribution < -0.4 is 10.3 Å². The van der Waals surface area contributed by atoms with Gasteiger partial charge in [-0.15, -0.1) is 0 Å². The summed E-state index contributed by atoms with van der Waals surface area (Å²) in [6.45, 7) is 9.70. The van der Waals surface area contributed by atoms with Crippen molar-refractivity contribution in [3.8, 4) is 0 Å². The average Bonchev–Trinajstić information content (AvgIpc) is 2.71. The number of fused-ring (bicyclic) bond motifs is 1. The normalized spacial score (nSPS) is 14.9. The molecule has 0 fully saturated rings. The quantitative estimate of drug-likeness (QED) is 0.425. The third kappa shape index (κ3) is 4.40. The maximum absolute atomic E-state index is 12.2. The fourth-order valence-electron chi connectivity index (χ4n) is 3.78. The first-order chi connectivity index (χ1) is 14.2. The van der Waals surface area contributed by atoms with Crippen molar-refractivity contribution in [2.75, 3.05) is 11.4 Å². The number of benzene rings is 2. The summed E-state index contributed by atoms with van der Waals surface area (Å²) in [5.74, 6) is -0.425. The van der Waals surface area contributed by atoms with Crippen molar-refractivity contribution in [3.63, 3.8) is 0 Å². The lowest BCUT2D eigenvalue weighted by Crippen LogP contribution is -2.45. The Labute approximate surface area is 176 Å². The minimum Gasteiger partial charge on any atom is -0.362 e. The van der Waals surface area contributed by atoms with Gasteiger partial charge in [0.1, 0.15) is 0 Å². The number of carbonyl (C=O) groups is 1. The maximum atomic E-state index is 12.2. The van der Waals surface area contributed by atoms with Crippen LogP contribution in [0.15, 0.2) is 53.6 Å². The zero-order valence-corrected chi connectivity index (χ0v) is 17.7. The van der Waals surface area contributed by atoms with Crippen molar-refractivity contribution in [2.24, 2.45) is 5.10 Å². The van der Waals surface area contributed by atoms with Crippen molar-refractivity contribution in [1.29, 1.82) is 0 Å². The molecule has 156 valence electrons. The first-order valence-corrected chi connectivity index (χ1v) is 9.92. The van der Waals surface area contributed by atoms with Gasteiger partial charge in [-0.1, -0.05) is 19.1 Å². The lowest BCUT2D eigenvalue weighted by atomic mass is 9.88. The second-order valence-corrected chi connectivity index (χ2v) is 7.91. The van der Waals surface area contributed by atoms with Crippen LogP contribution in [0.5, 0.6) is 0 Å². The smallest absolute Gasteiger partial charge is 0.271 e. The molecule has 0 unspecified atom stereocenters. The Bertz CT molecular complexity index is 1020. The highest BCUT2D eigenvalue weighted by Crippen LogP contribution is 2.39. The van der Waals surface area contributed by atoms with E-state index in [9.17, 15) is 14.9 Å². The SMILES string of the molecule is CCCN1c2ccc(/C=N\NC(=O)c3ccc([N+](=O)[O-])cc3)cc2C(C)=CC1(C)C. The third-order valence-corrected chi connectivity index (χ3v) is 5.17.